The predicted molar refractivity (Wildman–Crippen MR) is 118 cm³/mol. The van der Waals surface area contributed by atoms with Crippen molar-refractivity contribution in [2.24, 2.45) is 0 Å². The van der Waals surface area contributed by atoms with Crippen LogP contribution in [0.4, 0.5) is 5.69 Å². The van der Waals surface area contributed by atoms with Gasteiger partial charge in [0.2, 0.25) is 0 Å². The molecule has 4 aromatic rings. The van der Waals surface area contributed by atoms with Crippen molar-refractivity contribution in [3.05, 3.63) is 71.9 Å². The zero-order valence-corrected chi connectivity index (χ0v) is 17.6. The van der Waals surface area contributed by atoms with Crippen LogP contribution in [0.15, 0.2) is 54.9 Å². The molecule has 156 valence electrons. The number of hydrogen-bond donors (Lipinski definition) is 0. The van der Waals surface area contributed by atoms with Gasteiger partial charge in [-0.1, -0.05) is 18.2 Å². The van der Waals surface area contributed by atoms with Crippen molar-refractivity contribution in [3.63, 3.8) is 0 Å². The summed E-state index contributed by atoms with van der Waals surface area (Å²) in [7, 11) is 0. The number of pyridine rings is 1. The maximum Gasteiger partial charge on any atom is 0.274 e. The number of amides is 1. The molecule has 1 aliphatic rings. The normalized spacial score (nSPS) is 14.3. The molecule has 0 aliphatic carbocycles. The van der Waals surface area contributed by atoms with Crippen molar-refractivity contribution in [1.82, 2.24) is 29.6 Å². The molecule has 1 aromatic carbocycles. The number of anilines is 1. The second-order valence-corrected chi connectivity index (χ2v) is 7.64. The lowest BCUT2D eigenvalue weighted by molar-refractivity contribution is 0.0741. The quantitative estimate of drug-likeness (QED) is 0.514. The second kappa shape index (κ2) is 7.79. The number of aromatic nitrogens is 5. The fourth-order valence-electron chi connectivity index (χ4n) is 4.15. The molecule has 1 saturated heterocycles. The Balaban J connectivity index is 1.32. The first kappa shape index (κ1) is 19.2. The smallest absolute Gasteiger partial charge is 0.274 e. The summed E-state index contributed by atoms with van der Waals surface area (Å²) < 4.78 is 1.88. The lowest BCUT2D eigenvalue weighted by Crippen LogP contribution is -2.49. The van der Waals surface area contributed by atoms with Crippen LogP contribution in [0.1, 0.15) is 21.9 Å². The fraction of sp³-hybridized carbons (Fsp3) is 0.261. The minimum Gasteiger partial charge on any atom is -0.365 e. The molecule has 0 radical (unpaired) electrons. The first-order valence-electron chi connectivity index (χ1n) is 10.4. The van der Waals surface area contributed by atoms with Gasteiger partial charge < -0.3 is 9.80 Å². The molecule has 8 nitrogen and oxygen atoms in total. The van der Waals surface area contributed by atoms with Crippen LogP contribution < -0.4 is 4.90 Å². The molecule has 3 aromatic heterocycles. The molecular formula is C23H23N7O. The molecule has 5 rings (SSSR count). The summed E-state index contributed by atoms with van der Waals surface area (Å²) in [6, 6.07) is 13.4. The average molecular weight is 413 g/mol. The molecule has 0 saturated carbocycles. The number of hydrogen-bond acceptors (Lipinski definition) is 6. The third-order valence-electron chi connectivity index (χ3n) is 5.67. The maximum absolute atomic E-state index is 13.0. The molecule has 1 amide bonds. The van der Waals surface area contributed by atoms with E-state index < -0.39 is 0 Å². The van der Waals surface area contributed by atoms with Crippen molar-refractivity contribution in [2.75, 3.05) is 31.1 Å². The van der Waals surface area contributed by atoms with Gasteiger partial charge in [-0.05, 0) is 38.1 Å². The van der Waals surface area contributed by atoms with Gasteiger partial charge in [-0.25, -0.2) is 14.6 Å². The standard InChI is InChI=1S/C23H23N7O/c1-16-22(17(2)30(27-16)21-9-5-6-10-24-21)28-11-13-29(14-12-28)23(31)20-15-25-18-7-3-4-8-19(18)26-20/h3-10,15H,11-14H2,1-2H3. The Labute approximate surface area is 180 Å². The highest BCUT2D eigenvalue weighted by Crippen LogP contribution is 2.27. The minimum absolute atomic E-state index is 0.0736. The van der Waals surface area contributed by atoms with Crippen molar-refractivity contribution in [2.45, 2.75) is 13.8 Å². The van der Waals surface area contributed by atoms with Crippen molar-refractivity contribution in [1.29, 1.82) is 0 Å². The molecule has 0 atom stereocenters. The van der Waals surface area contributed by atoms with Gasteiger partial charge in [-0.2, -0.15) is 5.10 Å². The van der Waals surface area contributed by atoms with E-state index >= 15 is 0 Å². The fourth-order valence-corrected chi connectivity index (χ4v) is 4.15. The van der Waals surface area contributed by atoms with E-state index in [4.69, 9.17) is 5.10 Å². The molecular weight excluding hydrogens is 390 g/mol. The molecule has 1 fully saturated rings. The first-order valence-corrected chi connectivity index (χ1v) is 10.4. The van der Waals surface area contributed by atoms with Crippen LogP contribution in [-0.2, 0) is 0 Å². The summed E-state index contributed by atoms with van der Waals surface area (Å²) in [5, 5.41) is 4.70. The van der Waals surface area contributed by atoms with E-state index in [1.165, 1.54) is 0 Å². The van der Waals surface area contributed by atoms with Crippen LogP contribution in [0.25, 0.3) is 16.9 Å². The Hall–Kier alpha value is -3.81. The summed E-state index contributed by atoms with van der Waals surface area (Å²) in [5.74, 6) is 0.730. The average Bonchev–Trinajstić information content (AvgIpc) is 3.12. The number of rotatable bonds is 3. The number of fused-ring (bicyclic) bond motifs is 1. The molecule has 1 aliphatic heterocycles. The second-order valence-electron chi connectivity index (χ2n) is 7.64. The number of carbonyl (C=O) groups is 1. The zero-order valence-electron chi connectivity index (χ0n) is 17.6. The van der Waals surface area contributed by atoms with Crippen LogP contribution in [0.2, 0.25) is 0 Å². The predicted octanol–water partition coefficient (Wildman–Crippen LogP) is 2.79. The van der Waals surface area contributed by atoms with Gasteiger partial charge >= 0.3 is 0 Å². The Kier molecular flexibility index (Phi) is 4.82. The van der Waals surface area contributed by atoms with E-state index in [0.29, 0.717) is 18.8 Å². The van der Waals surface area contributed by atoms with Gasteiger partial charge in [-0.3, -0.25) is 9.78 Å². The van der Waals surface area contributed by atoms with E-state index in [2.05, 4.69) is 26.8 Å². The Bertz CT molecular complexity index is 1240. The van der Waals surface area contributed by atoms with Crippen LogP contribution in [-0.4, -0.2) is 61.7 Å². The van der Waals surface area contributed by atoms with E-state index in [9.17, 15) is 4.79 Å². The first-order chi connectivity index (χ1) is 15.1. The summed E-state index contributed by atoms with van der Waals surface area (Å²) in [4.78, 5) is 30.4. The van der Waals surface area contributed by atoms with Crippen molar-refractivity contribution < 1.29 is 4.79 Å². The summed E-state index contributed by atoms with van der Waals surface area (Å²) >= 11 is 0. The molecule has 4 heterocycles. The zero-order chi connectivity index (χ0) is 21.4. The third-order valence-corrected chi connectivity index (χ3v) is 5.67. The highest BCUT2D eigenvalue weighted by molar-refractivity contribution is 5.94. The van der Waals surface area contributed by atoms with Gasteiger partial charge in [0.05, 0.1) is 34.3 Å². The molecule has 31 heavy (non-hydrogen) atoms. The minimum atomic E-state index is -0.0736. The van der Waals surface area contributed by atoms with Gasteiger partial charge in [-0.15, -0.1) is 0 Å². The number of benzene rings is 1. The Morgan fingerprint density at radius 1 is 0.903 bits per heavy atom. The lowest BCUT2D eigenvalue weighted by Gasteiger charge is -2.36. The topological polar surface area (TPSA) is 80.0 Å². The number of para-hydroxylation sites is 2. The number of aryl methyl sites for hydroxylation is 1. The van der Waals surface area contributed by atoms with E-state index in [-0.39, 0.29) is 5.91 Å². The van der Waals surface area contributed by atoms with Crippen LogP contribution in [0.3, 0.4) is 0 Å². The van der Waals surface area contributed by atoms with Crippen molar-refractivity contribution >= 4 is 22.6 Å². The van der Waals surface area contributed by atoms with Gasteiger partial charge in [0.1, 0.15) is 5.69 Å². The Morgan fingerprint density at radius 3 is 2.39 bits per heavy atom. The number of carbonyl (C=O) groups excluding carboxylic acids is 1. The van der Waals surface area contributed by atoms with Gasteiger partial charge in [0, 0.05) is 32.4 Å². The molecule has 0 N–H and O–H groups in total. The summed E-state index contributed by atoms with van der Waals surface area (Å²) in [5.41, 5.74) is 5.05. The van der Waals surface area contributed by atoms with E-state index in [1.807, 2.05) is 59.0 Å². The highest BCUT2D eigenvalue weighted by Gasteiger charge is 2.27. The monoisotopic (exact) mass is 413 g/mol. The van der Waals surface area contributed by atoms with Gasteiger partial charge in [0.25, 0.3) is 5.91 Å². The van der Waals surface area contributed by atoms with Crippen LogP contribution >= 0.6 is 0 Å². The SMILES string of the molecule is Cc1nn(-c2ccccn2)c(C)c1N1CCN(C(=O)c2cnc3ccccc3n2)CC1. The van der Waals surface area contributed by atoms with Crippen LogP contribution in [0.5, 0.6) is 0 Å². The third kappa shape index (κ3) is 3.50. The summed E-state index contributed by atoms with van der Waals surface area (Å²) in [6.45, 7) is 6.81. The molecule has 0 unspecified atom stereocenters. The van der Waals surface area contributed by atoms with E-state index in [0.717, 1.165) is 47.0 Å². The largest absolute Gasteiger partial charge is 0.365 e. The molecule has 0 spiro atoms. The van der Waals surface area contributed by atoms with Crippen molar-refractivity contribution in [3.8, 4) is 5.82 Å². The Morgan fingerprint density at radius 2 is 1.65 bits per heavy atom. The maximum atomic E-state index is 13.0. The van der Waals surface area contributed by atoms with E-state index in [1.54, 1.807) is 12.4 Å². The highest BCUT2D eigenvalue weighted by atomic mass is 16.2. The lowest BCUT2D eigenvalue weighted by atomic mass is 10.2. The molecule has 8 heteroatoms. The number of piperazine rings is 1. The van der Waals surface area contributed by atoms with Crippen LogP contribution in [0, 0.1) is 13.8 Å². The number of nitrogens with zero attached hydrogens (tertiary/aromatic N) is 7. The van der Waals surface area contributed by atoms with Gasteiger partial charge in [0.15, 0.2) is 5.82 Å². The summed E-state index contributed by atoms with van der Waals surface area (Å²) in [6.07, 6.45) is 3.34. The molecule has 0 bridgehead atoms.